The fourth-order valence-electron chi connectivity index (χ4n) is 2.18. The van der Waals surface area contributed by atoms with Crippen LogP contribution in [0.4, 0.5) is 5.69 Å². The van der Waals surface area contributed by atoms with Gasteiger partial charge < -0.3 is 20.5 Å². The van der Waals surface area contributed by atoms with Crippen LogP contribution in [0, 0.1) is 5.92 Å². The Morgan fingerprint density at radius 3 is 2.62 bits per heavy atom. The summed E-state index contributed by atoms with van der Waals surface area (Å²) in [6.07, 6.45) is 2.57. The summed E-state index contributed by atoms with van der Waals surface area (Å²) in [6, 6.07) is 7.00. The van der Waals surface area contributed by atoms with Crippen molar-refractivity contribution in [1.82, 2.24) is 5.32 Å². The molecule has 1 saturated heterocycles. The maximum absolute atomic E-state index is 12.2. The van der Waals surface area contributed by atoms with E-state index < -0.39 is 5.97 Å². The molecule has 1 heterocycles. The van der Waals surface area contributed by atoms with Crippen LogP contribution in [0.1, 0.15) is 5.56 Å². The molecule has 1 fully saturated rings. The number of hydrogen-bond acceptors (Lipinski definition) is 4. The predicted octanol–water partition coefficient (Wildman–Crippen LogP) is 0.957. The number of rotatable bonds is 5. The lowest BCUT2D eigenvalue weighted by molar-refractivity contribution is -0.131. The molecule has 2 rings (SSSR count). The number of carbonyl (C=O) groups excluding carboxylic acids is 1. The van der Waals surface area contributed by atoms with Gasteiger partial charge in [0.05, 0.1) is 19.1 Å². The highest BCUT2D eigenvalue weighted by molar-refractivity contribution is 5.93. The molecule has 0 aromatic heterocycles. The number of carboxylic acid groups (broad SMARTS) is 1. The Bertz CT molecular complexity index is 539. The minimum atomic E-state index is -0.994. The van der Waals surface area contributed by atoms with Crippen molar-refractivity contribution >= 4 is 23.6 Å². The van der Waals surface area contributed by atoms with Crippen LogP contribution >= 0.6 is 0 Å². The van der Waals surface area contributed by atoms with Crippen molar-refractivity contribution < 1.29 is 19.4 Å². The van der Waals surface area contributed by atoms with Crippen molar-refractivity contribution in [3.05, 3.63) is 35.9 Å². The Balaban J connectivity index is 1.97. The molecule has 0 saturated carbocycles. The van der Waals surface area contributed by atoms with E-state index in [1.165, 1.54) is 6.08 Å². The number of carboxylic acids is 1. The van der Waals surface area contributed by atoms with E-state index in [2.05, 4.69) is 10.6 Å². The summed E-state index contributed by atoms with van der Waals surface area (Å²) in [6.45, 7) is 0.949. The number of aliphatic carboxylic acids is 1. The normalized spacial score (nSPS) is 21.6. The van der Waals surface area contributed by atoms with Crippen LogP contribution in [0.25, 0.3) is 6.08 Å². The first kappa shape index (κ1) is 15.2. The van der Waals surface area contributed by atoms with E-state index in [0.29, 0.717) is 18.9 Å². The third-order valence-electron chi connectivity index (χ3n) is 3.38. The van der Waals surface area contributed by atoms with E-state index in [9.17, 15) is 9.59 Å². The van der Waals surface area contributed by atoms with Gasteiger partial charge in [0.2, 0.25) is 5.91 Å². The molecule has 0 radical (unpaired) electrons. The van der Waals surface area contributed by atoms with Gasteiger partial charge in [0.25, 0.3) is 0 Å². The van der Waals surface area contributed by atoms with Crippen LogP contribution in [0.3, 0.4) is 0 Å². The van der Waals surface area contributed by atoms with Crippen LogP contribution in [-0.4, -0.2) is 43.3 Å². The first-order chi connectivity index (χ1) is 10.1. The minimum absolute atomic E-state index is 0.0303. The SMILES string of the molecule is CNC1COCC1C(=O)Nc1ccc(/C=C/C(=O)O)cc1. The molecular formula is C15H18N2O4. The highest BCUT2D eigenvalue weighted by atomic mass is 16.5. The number of benzene rings is 1. The minimum Gasteiger partial charge on any atom is -0.478 e. The fraction of sp³-hybridized carbons (Fsp3) is 0.333. The van der Waals surface area contributed by atoms with Crippen LogP contribution in [0.15, 0.2) is 30.3 Å². The lowest BCUT2D eigenvalue weighted by atomic mass is 10.0. The van der Waals surface area contributed by atoms with E-state index in [-0.39, 0.29) is 17.9 Å². The van der Waals surface area contributed by atoms with Crippen LogP contribution in [0.5, 0.6) is 0 Å². The second-order valence-corrected chi connectivity index (χ2v) is 4.82. The smallest absolute Gasteiger partial charge is 0.328 e. The van der Waals surface area contributed by atoms with Crippen molar-refractivity contribution in [3.63, 3.8) is 0 Å². The second kappa shape index (κ2) is 7.01. The molecular weight excluding hydrogens is 272 g/mol. The lowest BCUT2D eigenvalue weighted by Gasteiger charge is -2.16. The first-order valence-corrected chi connectivity index (χ1v) is 6.67. The van der Waals surface area contributed by atoms with Gasteiger partial charge in [-0.15, -0.1) is 0 Å². The zero-order valence-corrected chi connectivity index (χ0v) is 11.7. The zero-order valence-electron chi connectivity index (χ0n) is 11.7. The van der Waals surface area contributed by atoms with Gasteiger partial charge in [0, 0.05) is 17.8 Å². The lowest BCUT2D eigenvalue weighted by Crippen LogP contribution is -2.39. The van der Waals surface area contributed by atoms with Gasteiger partial charge in [-0.1, -0.05) is 12.1 Å². The van der Waals surface area contributed by atoms with Crippen molar-refractivity contribution in [2.75, 3.05) is 25.6 Å². The van der Waals surface area contributed by atoms with Gasteiger partial charge in [-0.05, 0) is 30.8 Å². The van der Waals surface area contributed by atoms with Gasteiger partial charge in [-0.25, -0.2) is 4.79 Å². The molecule has 2 atom stereocenters. The van der Waals surface area contributed by atoms with Crippen LogP contribution in [-0.2, 0) is 14.3 Å². The number of likely N-dealkylation sites (N-methyl/N-ethyl adjacent to an activating group) is 1. The number of anilines is 1. The molecule has 0 bridgehead atoms. The zero-order chi connectivity index (χ0) is 15.2. The molecule has 1 amide bonds. The van der Waals surface area contributed by atoms with E-state index in [4.69, 9.17) is 9.84 Å². The topological polar surface area (TPSA) is 87.7 Å². The van der Waals surface area contributed by atoms with E-state index >= 15 is 0 Å². The molecule has 3 N–H and O–H groups in total. The van der Waals surface area contributed by atoms with Crippen molar-refractivity contribution in [1.29, 1.82) is 0 Å². The monoisotopic (exact) mass is 290 g/mol. The van der Waals surface area contributed by atoms with Gasteiger partial charge in [-0.2, -0.15) is 0 Å². The Morgan fingerprint density at radius 2 is 2.00 bits per heavy atom. The molecule has 21 heavy (non-hydrogen) atoms. The third-order valence-corrected chi connectivity index (χ3v) is 3.38. The Labute approximate surface area is 122 Å². The molecule has 0 spiro atoms. The quantitative estimate of drug-likeness (QED) is 0.703. The third kappa shape index (κ3) is 4.14. The molecule has 1 aliphatic heterocycles. The summed E-state index contributed by atoms with van der Waals surface area (Å²) in [4.78, 5) is 22.6. The maximum Gasteiger partial charge on any atom is 0.328 e. The average Bonchev–Trinajstić information content (AvgIpc) is 2.95. The summed E-state index contributed by atoms with van der Waals surface area (Å²) in [7, 11) is 1.81. The number of ether oxygens (including phenoxy) is 1. The summed E-state index contributed by atoms with van der Waals surface area (Å²) in [5.74, 6) is -1.28. The van der Waals surface area contributed by atoms with Crippen molar-refractivity contribution in [3.8, 4) is 0 Å². The van der Waals surface area contributed by atoms with Crippen molar-refractivity contribution in [2.24, 2.45) is 5.92 Å². The highest BCUT2D eigenvalue weighted by Crippen LogP contribution is 2.17. The summed E-state index contributed by atoms with van der Waals surface area (Å²) < 4.78 is 5.30. The number of hydrogen-bond donors (Lipinski definition) is 3. The molecule has 1 aromatic rings. The number of carbonyl (C=O) groups is 2. The maximum atomic E-state index is 12.2. The van der Waals surface area contributed by atoms with Gasteiger partial charge in [0.1, 0.15) is 0 Å². The molecule has 0 aliphatic carbocycles. The van der Waals surface area contributed by atoms with E-state index in [0.717, 1.165) is 11.6 Å². The van der Waals surface area contributed by atoms with Crippen LogP contribution < -0.4 is 10.6 Å². The van der Waals surface area contributed by atoms with E-state index in [1.54, 1.807) is 24.3 Å². The fourth-order valence-corrected chi connectivity index (χ4v) is 2.18. The highest BCUT2D eigenvalue weighted by Gasteiger charge is 2.32. The Kier molecular flexibility index (Phi) is 5.08. The predicted molar refractivity (Wildman–Crippen MR) is 78.9 cm³/mol. The summed E-state index contributed by atoms with van der Waals surface area (Å²) >= 11 is 0. The molecule has 2 unspecified atom stereocenters. The number of amides is 1. The molecule has 6 heteroatoms. The van der Waals surface area contributed by atoms with Crippen LogP contribution in [0.2, 0.25) is 0 Å². The summed E-state index contributed by atoms with van der Waals surface area (Å²) in [5.41, 5.74) is 1.43. The van der Waals surface area contributed by atoms with Crippen molar-refractivity contribution in [2.45, 2.75) is 6.04 Å². The van der Waals surface area contributed by atoms with Gasteiger partial charge in [0.15, 0.2) is 0 Å². The molecule has 112 valence electrons. The Hall–Kier alpha value is -2.18. The molecule has 1 aliphatic rings. The number of nitrogens with one attached hydrogen (secondary N) is 2. The molecule has 6 nitrogen and oxygen atoms in total. The standard InChI is InChI=1S/C15H18N2O4/c1-16-13-9-21-8-12(13)15(20)17-11-5-2-10(3-6-11)4-7-14(18)19/h2-7,12-13,16H,8-9H2,1H3,(H,17,20)(H,18,19)/b7-4+. The average molecular weight is 290 g/mol. The molecule has 1 aromatic carbocycles. The summed E-state index contributed by atoms with van der Waals surface area (Å²) in [5, 5.41) is 14.5. The van der Waals surface area contributed by atoms with Gasteiger partial charge in [-0.3, -0.25) is 4.79 Å². The largest absolute Gasteiger partial charge is 0.478 e. The van der Waals surface area contributed by atoms with Gasteiger partial charge >= 0.3 is 5.97 Å². The second-order valence-electron chi connectivity index (χ2n) is 4.82. The van der Waals surface area contributed by atoms with E-state index in [1.807, 2.05) is 7.05 Å². The first-order valence-electron chi connectivity index (χ1n) is 6.67. The Morgan fingerprint density at radius 1 is 1.29 bits per heavy atom.